The second-order valence-electron chi connectivity index (χ2n) is 5.37. The number of nitrogens with zero attached hydrogens (tertiary/aromatic N) is 1. The molecule has 112 valence electrons. The minimum atomic E-state index is 0.166. The van der Waals surface area contributed by atoms with Crippen LogP contribution in [-0.2, 0) is 6.42 Å². The number of pyridine rings is 1. The Hall–Kier alpha value is -1.39. The van der Waals surface area contributed by atoms with Crippen molar-refractivity contribution in [3.8, 4) is 11.5 Å². The summed E-state index contributed by atoms with van der Waals surface area (Å²) in [5.41, 5.74) is 9.40. The van der Waals surface area contributed by atoms with Crippen molar-refractivity contribution in [3.05, 3.63) is 51.8 Å². The molecule has 4 heteroatoms. The minimum absolute atomic E-state index is 0.166. The summed E-state index contributed by atoms with van der Waals surface area (Å²) in [4.78, 5) is 4.24. The molecule has 1 heterocycles. The van der Waals surface area contributed by atoms with E-state index in [-0.39, 0.29) is 6.04 Å². The topological polar surface area (TPSA) is 48.1 Å². The van der Waals surface area contributed by atoms with E-state index in [1.54, 1.807) is 6.20 Å². The van der Waals surface area contributed by atoms with E-state index in [2.05, 4.69) is 41.7 Å². The third-order valence-electron chi connectivity index (χ3n) is 3.44. The van der Waals surface area contributed by atoms with Crippen molar-refractivity contribution in [1.82, 2.24) is 4.98 Å². The number of benzene rings is 1. The van der Waals surface area contributed by atoms with Gasteiger partial charge in [0.25, 0.3) is 0 Å². The van der Waals surface area contributed by atoms with Crippen LogP contribution in [0.5, 0.6) is 11.5 Å². The van der Waals surface area contributed by atoms with Crippen LogP contribution in [0, 0.1) is 13.8 Å². The summed E-state index contributed by atoms with van der Waals surface area (Å²) in [5, 5.41) is 0. The first-order chi connectivity index (χ1) is 9.99. The Morgan fingerprint density at radius 1 is 1.14 bits per heavy atom. The summed E-state index contributed by atoms with van der Waals surface area (Å²) >= 11 is 3.56. The molecule has 0 aliphatic carbocycles. The lowest BCUT2D eigenvalue weighted by Crippen LogP contribution is -2.21. The zero-order valence-electron chi connectivity index (χ0n) is 12.7. The van der Waals surface area contributed by atoms with E-state index in [1.807, 2.05) is 24.4 Å². The molecule has 0 spiro atoms. The predicted molar refractivity (Wildman–Crippen MR) is 89.9 cm³/mol. The van der Waals surface area contributed by atoms with E-state index >= 15 is 0 Å². The number of aryl methyl sites for hydroxylation is 2. The van der Waals surface area contributed by atoms with Gasteiger partial charge < -0.3 is 10.5 Å². The Morgan fingerprint density at radius 2 is 1.81 bits per heavy atom. The molecule has 0 bridgehead atoms. The number of nitrogens with two attached hydrogens (primary N) is 1. The van der Waals surface area contributed by atoms with Gasteiger partial charge in [-0.25, -0.2) is 0 Å². The maximum absolute atomic E-state index is 5.99. The van der Waals surface area contributed by atoms with Crippen LogP contribution in [0.1, 0.15) is 30.0 Å². The lowest BCUT2D eigenvalue weighted by molar-refractivity contribution is 0.478. The number of ether oxygens (including phenoxy) is 1. The lowest BCUT2D eigenvalue weighted by Gasteiger charge is -2.12. The van der Waals surface area contributed by atoms with Crippen LogP contribution < -0.4 is 10.5 Å². The number of hydrogen-bond acceptors (Lipinski definition) is 3. The molecular weight excluding hydrogens is 328 g/mol. The molecule has 2 aromatic rings. The highest BCUT2D eigenvalue weighted by molar-refractivity contribution is 9.10. The van der Waals surface area contributed by atoms with Crippen LogP contribution in [0.4, 0.5) is 0 Å². The van der Waals surface area contributed by atoms with Crippen molar-refractivity contribution in [2.75, 3.05) is 0 Å². The Morgan fingerprint density at radius 3 is 2.43 bits per heavy atom. The van der Waals surface area contributed by atoms with E-state index in [4.69, 9.17) is 10.5 Å². The predicted octanol–water partition coefficient (Wildman–Crippen LogP) is 4.53. The number of aromatic nitrogens is 1. The van der Waals surface area contributed by atoms with Crippen LogP contribution in [0.15, 0.2) is 35.1 Å². The van der Waals surface area contributed by atoms with Crippen molar-refractivity contribution >= 4 is 15.9 Å². The van der Waals surface area contributed by atoms with E-state index in [0.717, 1.165) is 45.5 Å². The molecule has 0 radical (unpaired) electrons. The molecule has 0 aliphatic rings. The molecule has 0 amide bonds. The molecule has 0 aliphatic heterocycles. The van der Waals surface area contributed by atoms with E-state index in [0.29, 0.717) is 0 Å². The van der Waals surface area contributed by atoms with Gasteiger partial charge in [0.05, 0.1) is 6.20 Å². The molecule has 1 aromatic carbocycles. The summed E-state index contributed by atoms with van der Waals surface area (Å²) in [6.45, 7) is 6.20. The third kappa shape index (κ3) is 4.29. The summed E-state index contributed by atoms with van der Waals surface area (Å²) in [6, 6.07) is 6.21. The second kappa shape index (κ2) is 7.05. The summed E-state index contributed by atoms with van der Waals surface area (Å²) < 4.78 is 7.05. The fraction of sp³-hybridized carbons (Fsp3) is 0.353. The molecule has 2 N–H and O–H groups in total. The molecule has 2 rings (SSSR count). The van der Waals surface area contributed by atoms with Crippen LogP contribution >= 0.6 is 15.9 Å². The van der Waals surface area contributed by atoms with Gasteiger partial charge in [0.2, 0.25) is 0 Å². The second-order valence-corrected chi connectivity index (χ2v) is 6.17. The SMILES string of the molecule is CCC(N)Cc1cncc(Oc2cc(C)c(Br)c(C)c2)c1. The average Bonchev–Trinajstić information content (AvgIpc) is 2.45. The molecule has 3 nitrogen and oxygen atoms in total. The Bertz CT molecular complexity index is 605. The highest BCUT2D eigenvalue weighted by Crippen LogP contribution is 2.29. The first-order valence-corrected chi connectivity index (χ1v) is 7.93. The van der Waals surface area contributed by atoms with Gasteiger partial charge in [-0.15, -0.1) is 0 Å². The molecule has 1 aromatic heterocycles. The molecule has 0 saturated carbocycles. The number of rotatable bonds is 5. The fourth-order valence-electron chi connectivity index (χ4n) is 2.18. The molecule has 0 saturated heterocycles. The maximum Gasteiger partial charge on any atom is 0.145 e. The van der Waals surface area contributed by atoms with Gasteiger partial charge in [0.15, 0.2) is 0 Å². The van der Waals surface area contributed by atoms with Gasteiger partial charge in [-0.2, -0.15) is 0 Å². The summed E-state index contributed by atoms with van der Waals surface area (Å²) in [7, 11) is 0. The molecule has 1 atom stereocenters. The van der Waals surface area contributed by atoms with E-state index in [1.165, 1.54) is 0 Å². The first-order valence-electron chi connectivity index (χ1n) is 7.13. The van der Waals surface area contributed by atoms with Crippen molar-refractivity contribution in [1.29, 1.82) is 0 Å². The van der Waals surface area contributed by atoms with Crippen LogP contribution in [0.2, 0.25) is 0 Å². The Kier molecular flexibility index (Phi) is 5.37. The molecule has 21 heavy (non-hydrogen) atoms. The summed E-state index contributed by atoms with van der Waals surface area (Å²) in [6.07, 6.45) is 5.35. The molecule has 1 unspecified atom stereocenters. The fourth-order valence-corrected chi connectivity index (χ4v) is 2.41. The minimum Gasteiger partial charge on any atom is -0.456 e. The van der Waals surface area contributed by atoms with Crippen molar-refractivity contribution in [3.63, 3.8) is 0 Å². The monoisotopic (exact) mass is 348 g/mol. The number of halogens is 1. The van der Waals surface area contributed by atoms with Gasteiger partial charge in [-0.05, 0) is 61.6 Å². The van der Waals surface area contributed by atoms with Crippen LogP contribution in [-0.4, -0.2) is 11.0 Å². The lowest BCUT2D eigenvalue weighted by atomic mass is 10.1. The Balaban J connectivity index is 2.18. The third-order valence-corrected chi connectivity index (χ3v) is 4.69. The standard InChI is InChI=1S/C17H21BrN2O/c1-4-14(19)7-13-8-16(10-20-9-13)21-15-5-11(2)17(18)12(3)6-15/h5-6,8-10,14H,4,7,19H2,1-3H3. The van der Waals surface area contributed by atoms with Gasteiger partial charge in [-0.1, -0.05) is 22.9 Å². The Labute approximate surface area is 134 Å². The maximum atomic E-state index is 5.99. The van der Waals surface area contributed by atoms with Crippen LogP contribution in [0.25, 0.3) is 0 Å². The van der Waals surface area contributed by atoms with Gasteiger partial charge in [0, 0.05) is 16.7 Å². The van der Waals surface area contributed by atoms with Crippen LogP contribution in [0.3, 0.4) is 0 Å². The molecular formula is C17H21BrN2O. The van der Waals surface area contributed by atoms with E-state index < -0.39 is 0 Å². The highest BCUT2D eigenvalue weighted by Gasteiger charge is 2.07. The van der Waals surface area contributed by atoms with Gasteiger partial charge in [-0.3, -0.25) is 4.98 Å². The van der Waals surface area contributed by atoms with E-state index in [9.17, 15) is 0 Å². The zero-order valence-corrected chi connectivity index (χ0v) is 14.3. The van der Waals surface area contributed by atoms with Gasteiger partial charge in [0.1, 0.15) is 11.5 Å². The summed E-state index contributed by atoms with van der Waals surface area (Å²) in [5.74, 6) is 1.57. The average molecular weight is 349 g/mol. The zero-order chi connectivity index (χ0) is 15.4. The quantitative estimate of drug-likeness (QED) is 0.863. The highest BCUT2D eigenvalue weighted by atomic mass is 79.9. The van der Waals surface area contributed by atoms with Crippen molar-refractivity contribution in [2.24, 2.45) is 5.73 Å². The smallest absolute Gasteiger partial charge is 0.145 e. The van der Waals surface area contributed by atoms with Crippen molar-refractivity contribution < 1.29 is 4.74 Å². The first kappa shape index (κ1) is 16.0. The van der Waals surface area contributed by atoms with Crippen molar-refractivity contribution in [2.45, 2.75) is 39.7 Å². The number of hydrogen-bond donors (Lipinski definition) is 1. The normalized spacial score (nSPS) is 12.2. The largest absolute Gasteiger partial charge is 0.456 e. The molecule has 0 fully saturated rings. The van der Waals surface area contributed by atoms with Gasteiger partial charge >= 0.3 is 0 Å².